The Morgan fingerprint density at radius 2 is 1.78 bits per heavy atom. The summed E-state index contributed by atoms with van der Waals surface area (Å²) in [6.07, 6.45) is 7.73. The van der Waals surface area contributed by atoms with Gasteiger partial charge in [0, 0.05) is 44.2 Å². The van der Waals surface area contributed by atoms with Crippen LogP contribution in [0.15, 0.2) is 30.3 Å². The number of rotatable bonds is 8. The molecule has 1 heterocycles. The molecular formula is C25H34N4O3. The Balaban J connectivity index is 1.50. The van der Waals surface area contributed by atoms with Crippen LogP contribution in [0, 0.1) is 17.2 Å². The molecule has 1 unspecified atom stereocenters. The van der Waals surface area contributed by atoms with Crippen molar-refractivity contribution in [2.75, 3.05) is 24.5 Å². The van der Waals surface area contributed by atoms with Crippen LogP contribution in [0.2, 0.25) is 0 Å². The molecule has 1 N–H and O–H groups in total. The van der Waals surface area contributed by atoms with Gasteiger partial charge < -0.3 is 15.1 Å². The van der Waals surface area contributed by atoms with Crippen LogP contribution in [0.5, 0.6) is 0 Å². The molecule has 3 amide bonds. The van der Waals surface area contributed by atoms with Crippen molar-refractivity contribution in [1.82, 2.24) is 10.2 Å². The molecule has 1 aliphatic carbocycles. The Morgan fingerprint density at radius 1 is 1.03 bits per heavy atom. The third kappa shape index (κ3) is 6.81. The highest BCUT2D eigenvalue weighted by Gasteiger charge is 2.30. The van der Waals surface area contributed by atoms with Gasteiger partial charge in [-0.2, -0.15) is 5.26 Å². The molecule has 2 aliphatic rings. The van der Waals surface area contributed by atoms with Gasteiger partial charge >= 0.3 is 0 Å². The van der Waals surface area contributed by atoms with Crippen LogP contribution in [0.3, 0.4) is 0 Å². The number of amides is 3. The lowest BCUT2D eigenvalue weighted by atomic mass is 9.93. The third-order valence-electron chi connectivity index (χ3n) is 6.47. The van der Waals surface area contributed by atoms with Gasteiger partial charge in [-0.15, -0.1) is 0 Å². The molecule has 1 saturated carbocycles. The van der Waals surface area contributed by atoms with Gasteiger partial charge in [0.1, 0.15) is 0 Å². The lowest BCUT2D eigenvalue weighted by Gasteiger charge is -2.33. The van der Waals surface area contributed by atoms with Crippen LogP contribution in [0.4, 0.5) is 5.69 Å². The number of nitriles is 1. The second kappa shape index (κ2) is 12.2. The molecule has 7 nitrogen and oxygen atoms in total. The second-order valence-electron chi connectivity index (χ2n) is 8.81. The smallest absolute Gasteiger partial charge is 0.227 e. The maximum absolute atomic E-state index is 12.8. The van der Waals surface area contributed by atoms with Crippen molar-refractivity contribution in [1.29, 1.82) is 5.26 Å². The Bertz CT molecular complexity index is 814. The minimum atomic E-state index is -0.165. The first-order valence-electron chi connectivity index (χ1n) is 11.9. The number of nitrogens with one attached hydrogen (secondary N) is 1. The van der Waals surface area contributed by atoms with E-state index in [0.29, 0.717) is 19.6 Å². The van der Waals surface area contributed by atoms with Crippen molar-refractivity contribution in [3.8, 4) is 6.07 Å². The van der Waals surface area contributed by atoms with E-state index in [1.165, 1.54) is 19.3 Å². The van der Waals surface area contributed by atoms with Crippen molar-refractivity contribution < 1.29 is 14.4 Å². The summed E-state index contributed by atoms with van der Waals surface area (Å²) < 4.78 is 0. The predicted octanol–water partition coefficient (Wildman–Crippen LogP) is 3.40. The number of carbonyl (C=O) groups excluding carboxylic acids is 3. The number of anilines is 1. The molecule has 1 aromatic rings. The molecular weight excluding hydrogens is 404 g/mol. The first-order valence-corrected chi connectivity index (χ1v) is 11.9. The minimum absolute atomic E-state index is 0.0669. The number of piperidine rings is 1. The highest BCUT2D eigenvalue weighted by Crippen LogP contribution is 2.22. The molecule has 1 saturated heterocycles. The van der Waals surface area contributed by atoms with Crippen LogP contribution in [0.1, 0.15) is 64.2 Å². The molecule has 2 fully saturated rings. The molecule has 0 bridgehead atoms. The van der Waals surface area contributed by atoms with Gasteiger partial charge in [0.2, 0.25) is 17.7 Å². The molecule has 32 heavy (non-hydrogen) atoms. The Morgan fingerprint density at radius 3 is 2.50 bits per heavy atom. The first kappa shape index (κ1) is 23.8. The van der Waals surface area contributed by atoms with Gasteiger partial charge in [-0.1, -0.05) is 37.5 Å². The summed E-state index contributed by atoms with van der Waals surface area (Å²) in [5, 5.41) is 12.1. The average molecular weight is 439 g/mol. The Kier molecular flexibility index (Phi) is 9.09. The van der Waals surface area contributed by atoms with Crippen molar-refractivity contribution >= 4 is 23.4 Å². The zero-order valence-electron chi connectivity index (χ0n) is 18.8. The lowest BCUT2D eigenvalue weighted by Crippen LogP contribution is -2.48. The average Bonchev–Trinajstić information content (AvgIpc) is 2.84. The summed E-state index contributed by atoms with van der Waals surface area (Å²) in [6.45, 7) is 1.38. The summed E-state index contributed by atoms with van der Waals surface area (Å²) >= 11 is 0. The van der Waals surface area contributed by atoms with Crippen molar-refractivity contribution in [3.05, 3.63) is 30.3 Å². The molecule has 0 spiro atoms. The molecule has 0 radical (unpaired) electrons. The van der Waals surface area contributed by atoms with E-state index >= 15 is 0 Å². The molecule has 1 atom stereocenters. The van der Waals surface area contributed by atoms with Crippen molar-refractivity contribution in [2.45, 2.75) is 70.3 Å². The first-order chi connectivity index (χ1) is 15.6. The van der Waals surface area contributed by atoms with Gasteiger partial charge in [0.25, 0.3) is 0 Å². The Labute approximate surface area is 190 Å². The number of carbonyl (C=O) groups is 3. The third-order valence-corrected chi connectivity index (χ3v) is 6.47. The maximum atomic E-state index is 12.8. The van der Waals surface area contributed by atoms with Crippen LogP contribution in [-0.4, -0.2) is 48.3 Å². The number of likely N-dealkylation sites (tertiary alicyclic amines) is 1. The van der Waals surface area contributed by atoms with Crippen LogP contribution >= 0.6 is 0 Å². The molecule has 172 valence electrons. The topological polar surface area (TPSA) is 93.5 Å². The molecule has 0 aromatic heterocycles. The summed E-state index contributed by atoms with van der Waals surface area (Å²) in [5.74, 6) is -0.343. The lowest BCUT2D eigenvalue weighted by molar-refractivity contribution is -0.137. The summed E-state index contributed by atoms with van der Waals surface area (Å²) in [4.78, 5) is 41.6. The number of benzene rings is 1. The molecule has 1 aliphatic heterocycles. The minimum Gasteiger partial charge on any atom is -0.353 e. The fourth-order valence-electron chi connectivity index (χ4n) is 4.66. The quantitative estimate of drug-likeness (QED) is 0.673. The highest BCUT2D eigenvalue weighted by molar-refractivity contribution is 5.95. The molecule has 7 heteroatoms. The monoisotopic (exact) mass is 438 g/mol. The van der Waals surface area contributed by atoms with E-state index < -0.39 is 0 Å². The summed E-state index contributed by atoms with van der Waals surface area (Å²) in [5.41, 5.74) is 0.734. The van der Waals surface area contributed by atoms with E-state index in [1.54, 1.807) is 9.80 Å². The van der Waals surface area contributed by atoms with E-state index in [1.807, 2.05) is 30.3 Å². The van der Waals surface area contributed by atoms with E-state index in [-0.39, 0.29) is 48.9 Å². The van der Waals surface area contributed by atoms with E-state index in [2.05, 4.69) is 11.4 Å². The summed E-state index contributed by atoms with van der Waals surface area (Å²) in [6, 6.07) is 11.6. The fourth-order valence-corrected chi connectivity index (χ4v) is 4.66. The number of para-hydroxylation sites is 1. The second-order valence-corrected chi connectivity index (χ2v) is 8.81. The predicted molar refractivity (Wildman–Crippen MR) is 123 cm³/mol. The van der Waals surface area contributed by atoms with Gasteiger partial charge in [0.05, 0.1) is 18.4 Å². The normalized spacial score (nSPS) is 19.1. The largest absolute Gasteiger partial charge is 0.353 e. The van der Waals surface area contributed by atoms with Crippen molar-refractivity contribution in [2.24, 2.45) is 5.92 Å². The van der Waals surface area contributed by atoms with Gasteiger partial charge in [-0.25, -0.2) is 0 Å². The number of hydrogen-bond acceptors (Lipinski definition) is 4. The highest BCUT2D eigenvalue weighted by atomic mass is 16.2. The van der Waals surface area contributed by atoms with Gasteiger partial charge in [-0.05, 0) is 37.8 Å². The Hall–Kier alpha value is -2.88. The van der Waals surface area contributed by atoms with Crippen molar-refractivity contribution in [3.63, 3.8) is 0 Å². The molecule has 3 rings (SSSR count). The maximum Gasteiger partial charge on any atom is 0.227 e. The van der Waals surface area contributed by atoms with E-state index in [4.69, 9.17) is 5.26 Å². The standard InChI is InChI=1S/C25H34N4O3/c26-16-8-18-29(22-12-5-2-6-13-22)24(31)15-14-23(30)28-17-7-9-20(19-28)25(32)27-21-10-3-1-4-11-21/h2,5-6,12-13,20-21H,1,3-4,7-11,14-15,17-19H2,(H,27,32). The van der Waals surface area contributed by atoms with E-state index in [9.17, 15) is 14.4 Å². The zero-order valence-corrected chi connectivity index (χ0v) is 18.8. The van der Waals surface area contributed by atoms with Crippen LogP contribution < -0.4 is 10.2 Å². The molecule has 1 aromatic carbocycles. The SMILES string of the molecule is N#CCCN(C(=O)CCC(=O)N1CCCC(C(=O)NC2CCCCC2)C1)c1ccccc1. The number of nitrogens with zero attached hydrogens (tertiary/aromatic N) is 3. The summed E-state index contributed by atoms with van der Waals surface area (Å²) in [7, 11) is 0. The fraction of sp³-hybridized carbons (Fsp3) is 0.600. The number of hydrogen-bond donors (Lipinski definition) is 1. The van der Waals surface area contributed by atoms with Gasteiger partial charge in [0.15, 0.2) is 0 Å². The van der Waals surface area contributed by atoms with Crippen LogP contribution in [0.25, 0.3) is 0 Å². The van der Waals surface area contributed by atoms with Gasteiger partial charge in [-0.3, -0.25) is 14.4 Å². The zero-order chi connectivity index (χ0) is 22.8. The van der Waals surface area contributed by atoms with Crippen LogP contribution in [-0.2, 0) is 14.4 Å². The van der Waals surface area contributed by atoms with E-state index in [0.717, 1.165) is 31.4 Å².